The van der Waals surface area contributed by atoms with Gasteiger partial charge in [-0.25, -0.2) is 4.99 Å². The van der Waals surface area contributed by atoms with Gasteiger partial charge in [-0.05, 0) is 32.0 Å². The van der Waals surface area contributed by atoms with E-state index in [2.05, 4.69) is 26.2 Å². The molecule has 0 aromatic heterocycles. The quantitative estimate of drug-likeness (QED) is 0.634. The van der Waals surface area contributed by atoms with Gasteiger partial charge in [-0.1, -0.05) is 27.5 Å². The molecule has 1 saturated heterocycles. The highest BCUT2D eigenvalue weighted by Gasteiger charge is 2.31. The number of amides is 1. The van der Waals surface area contributed by atoms with Crippen LogP contribution < -0.4 is 15.8 Å². The summed E-state index contributed by atoms with van der Waals surface area (Å²) in [5.74, 6) is 0.824. The number of nitrogens with zero attached hydrogens (tertiary/aromatic N) is 2. The molecule has 2 aliphatic rings. The van der Waals surface area contributed by atoms with E-state index in [4.69, 9.17) is 27.5 Å². The number of carbonyl (C=O) groups is 1. The number of hydrogen-bond donors (Lipinski definition) is 3. The monoisotopic (exact) mass is 465 g/mol. The van der Waals surface area contributed by atoms with E-state index in [1.165, 1.54) is 0 Å². The van der Waals surface area contributed by atoms with Gasteiger partial charge in [0.2, 0.25) is 0 Å². The maximum Gasteiger partial charge on any atom is 0.258 e. The first-order valence-electron chi connectivity index (χ1n) is 8.73. The number of nitrogens with one attached hydrogen (secondary N) is 2. The van der Waals surface area contributed by atoms with Crippen LogP contribution in [-0.2, 0) is 0 Å². The van der Waals surface area contributed by atoms with Gasteiger partial charge in [0.05, 0.1) is 35.1 Å². The lowest BCUT2D eigenvalue weighted by Gasteiger charge is -2.19. The highest BCUT2D eigenvalue weighted by atomic mass is 79.9. The third-order valence-corrected chi connectivity index (χ3v) is 5.47. The lowest BCUT2D eigenvalue weighted by atomic mass is 10.1. The summed E-state index contributed by atoms with van der Waals surface area (Å²) < 4.78 is 6.44. The molecule has 0 spiro atoms. The van der Waals surface area contributed by atoms with Crippen LogP contribution in [0.2, 0.25) is 0 Å². The maximum absolute atomic E-state index is 13.1. The largest absolute Gasteiger partial charge is 0.491 e. The molecule has 2 aliphatic heterocycles. The fourth-order valence-electron chi connectivity index (χ4n) is 3.01. The first kappa shape index (κ1) is 20.6. The standard InChI is InChI=1S/C19H21BrClN5O2/c1-10-17(21)11(2)25-18(24-10)14-8-26(9-15(14)23)19(27)13-4-3-12(20)7-16(13)28-6-5-22/h3-4,7,23-24H,5-6,8-9,22H2,1-2H3/b18-14+,23-15?. The summed E-state index contributed by atoms with van der Waals surface area (Å²) in [5.41, 5.74) is 8.44. The number of rotatable bonds is 4. The first-order valence-corrected chi connectivity index (χ1v) is 9.90. The number of halogens is 2. The van der Waals surface area contributed by atoms with Crippen molar-refractivity contribution in [2.24, 2.45) is 10.7 Å². The third kappa shape index (κ3) is 4.14. The second kappa shape index (κ2) is 8.46. The molecule has 1 amide bonds. The van der Waals surface area contributed by atoms with Crippen molar-refractivity contribution < 1.29 is 9.53 Å². The van der Waals surface area contributed by atoms with Crippen molar-refractivity contribution in [1.29, 1.82) is 5.41 Å². The Labute approximate surface area is 176 Å². The minimum atomic E-state index is -0.207. The Hall–Kier alpha value is -2.16. The fourth-order valence-corrected chi connectivity index (χ4v) is 3.44. The van der Waals surface area contributed by atoms with Crippen LogP contribution in [0.5, 0.6) is 5.75 Å². The van der Waals surface area contributed by atoms with Gasteiger partial charge in [-0.2, -0.15) is 0 Å². The number of aliphatic imine (C=N–C) groups is 1. The number of carbonyl (C=O) groups excluding carboxylic acids is 1. The van der Waals surface area contributed by atoms with Gasteiger partial charge in [0.1, 0.15) is 18.2 Å². The molecule has 4 N–H and O–H groups in total. The van der Waals surface area contributed by atoms with Gasteiger partial charge in [0, 0.05) is 22.3 Å². The molecule has 9 heteroatoms. The van der Waals surface area contributed by atoms with Crippen LogP contribution in [0.3, 0.4) is 0 Å². The second-order valence-electron chi connectivity index (χ2n) is 6.51. The van der Waals surface area contributed by atoms with E-state index in [0.717, 1.165) is 10.2 Å². The van der Waals surface area contributed by atoms with Crippen molar-refractivity contribution in [2.45, 2.75) is 13.8 Å². The molecule has 1 aromatic carbocycles. The molecule has 2 heterocycles. The van der Waals surface area contributed by atoms with E-state index < -0.39 is 0 Å². The second-order valence-corrected chi connectivity index (χ2v) is 7.80. The summed E-state index contributed by atoms with van der Waals surface area (Å²) >= 11 is 9.57. The van der Waals surface area contributed by atoms with E-state index in [1.807, 2.05) is 13.8 Å². The number of allylic oxidation sites excluding steroid dienone is 2. The predicted molar refractivity (Wildman–Crippen MR) is 114 cm³/mol. The van der Waals surface area contributed by atoms with Crippen LogP contribution in [0.4, 0.5) is 0 Å². The molecule has 0 atom stereocenters. The summed E-state index contributed by atoms with van der Waals surface area (Å²) in [4.78, 5) is 19.1. The molecule has 0 radical (unpaired) electrons. The topological polar surface area (TPSA) is 104 Å². The minimum Gasteiger partial charge on any atom is -0.491 e. The summed E-state index contributed by atoms with van der Waals surface area (Å²) in [6, 6.07) is 5.24. The Morgan fingerprint density at radius 2 is 2.18 bits per heavy atom. The lowest BCUT2D eigenvalue weighted by molar-refractivity contribution is 0.0799. The molecule has 1 fully saturated rings. The zero-order valence-electron chi connectivity index (χ0n) is 15.6. The van der Waals surface area contributed by atoms with E-state index in [-0.39, 0.29) is 19.0 Å². The van der Waals surface area contributed by atoms with Gasteiger partial charge in [-0.15, -0.1) is 0 Å². The molecule has 0 saturated carbocycles. The van der Waals surface area contributed by atoms with E-state index in [1.54, 1.807) is 23.1 Å². The van der Waals surface area contributed by atoms with Crippen molar-refractivity contribution in [1.82, 2.24) is 10.2 Å². The Morgan fingerprint density at radius 1 is 1.43 bits per heavy atom. The first-order chi connectivity index (χ1) is 13.3. The number of ether oxygens (including phenoxy) is 1. The zero-order valence-corrected chi connectivity index (χ0v) is 17.9. The van der Waals surface area contributed by atoms with Gasteiger partial charge >= 0.3 is 0 Å². The summed E-state index contributed by atoms with van der Waals surface area (Å²) in [7, 11) is 0. The number of benzene rings is 1. The molecule has 0 unspecified atom stereocenters. The minimum absolute atomic E-state index is 0.205. The SMILES string of the molecule is CC1=N/C(=C2\CN(C(=O)c3ccc(Br)cc3OCCN)CC2=N)NC(C)=C1Cl. The molecule has 1 aromatic rings. The van der Waals surface area contributed by atoms with Crippen molar-refractivity contribution in [2.75, 3.05) is 26.2 Å². The van der Waals surface area contributed by atoms with E-state index >= 15 is 0 Å². The van der Waals surface area contributed by atoms with Crippen molar-refractivity contribution in [3.05, 3.63) is 50.4 Å². The Balaban J connectivity index is 1.87. The van der Waals surface area contributed by atoms with Crippen LogP contribution in [0, 0.1) is 5.41 Å². The number of nitrogens with two attached hydrogens (primary N) is 1. The van der Waals surface area contributed by atoms with Gasteiger partial charge in [-0.3, -0.25) is 4.79 Å². The molecule has 0 aliphatic carbocycles. The molecular formula is C19H21BrClN5O2. The highest BCUT2D eigenvalue weighted by Crippen LogP contribution is 2.28. The van der Waals surface area contributed by atoms with Crippen LogP contribution in [0.25, 0.3) is 0 Å². The third-order valence-electron chi connectivity index (χ3n) is 4.42. The Kier molecular flexibility index (Phi) is 6.22. The summed E-state index contributed by atoms with van der Waals surface area (Å²) in [5, 5.41) is 12.0. The molecule has 7 nitrogen and oxygen atoms in total. The van der Waals surface area contributed by atoms with Crippen molar-refractivity contribution in [3.8, 4) is 5.75 Å². The smallest absolute Gasteiger partial charge is 0.258 e. The van der Waals surface area contributed by atoms with E-state index in [9.17, 15) is 4.79 Å². The average Bonchev–Trinajstić information content (AvgIpc) is 3.05. The zero-order chi connectivity index (χ0) is 20.4. The van der Waals surface area contributed by atoms with Crippen LogP contribution in [0.1, 0.15) is 24.2 Å². The van der Waals surface area contributed by atoms with Gasteiger partial charge in [0.15, 0.2) is 0 Å². The van der Waals surface area contributed by atoms with Crippen LogP contribution in [0.15, 0.2) is 49.8 Å². The normalized spacial score (nSPS) is 19.7. The Bertz CT molecular complexity index is 938. The average molecular weight is 467 g/mol. The molecule has 3 rings (SSSR count). The molecule has 28 heavy (non-hydrogen) atoms. The fraction of sp³-hybridized carbons (Fsp3) is 0.316. The highest BCUT2D eigenvalue weighted by molar-refractivity contribution is 9.10. The number of hydrogen-bond acceptors (Lipinski definition) is 6. The van der Waals surface area contributed by atoms with E-state index in [0.29, 0.717) is 52.3 Å². The maximum atomic E-state index is 13.1. The molecule has 148 valence electrons. The van der Waals surface area contributed by atoms with Gasteiger partial charge in [0.25, 0.3) is 5.91 Å². The van der Waals surface area contributed by atoms with Crippen LogP contribution in [-0.4, -0.2) is 48.5 Å². The van der Waals surface area contributed by atoms with Crippen LogP contribution >= 0.6 is 27.5 Å². The molecular weight excluding hydrogens is 446 g/mol. The van der Waals surface area contributed by atoms with Crippen molar-refractivity contribution >= 4 is 44.9 Å². The molecule has 0 bridgehead atoms. The van der Waals surface area contributed by atoms with Crippen molar-refractivity contribution in [3.63, 3.8) is 0 Å². The summed E-state index contributed by atoms with van der Waals surface area (Å²) in [6.45, 7) is 4.82. The predicted octanol–water partition coefficient (Wildman–Crippen LogP) is 3.01. The summed E-state index contributed by atoms with van der Waals surface area (Å²) in [6.07, 6.45) is 0. The lowest BCUT2D eigenvalue weighted by Crippen LogP contribution is -2.29. The Morgan fingerprint density at radius 3 is 2.86 bits per heavy atom. The van der Waals surface area contributed by atoms with Gasteiger partial charge < -0.3 is 26.1 Å². The number of likely N-dealkylation sites (tertiary alicyclic amines) is 1.